The van der Waals surface area contributed by atoms with Gasteiger partial charge in [0.15, 0.2) is 5.95 Å². The van der Waals surface area contributed by atoms with Gasteiger partial charge in [0.1, 0.15) is 22.3 Å². The van der Waals surface area contributed by atoms with Crippen molar-refractivity contribution in [2.75, 3.05) is 70.5 Å². The number of carboxylic acids is 1. The molecule has 2 amide bonds. The lowest BCUT2D eigenvalue weighted by Crippen LogP contribution is -2.48. The number of nitrogens with one attached hydrogen (secondary N) is 7. The number of ether oxygens (including phenoxy) is 3. The van der Waals surface area contributed by atoms with Crippen LogP contribution in [0.5, 0.6) is 0 Å². The van der Waals surface area contributed by atoms with E-state index in [-0.39, 0.29) is 37.1 Å². The number of aliphatic carboxylic acids is 1. The molecule has 1 atom stereocenters. The molecular weight excluding hydrogens is 1150 g/mol. The molecule has 84 heavy (non-hydrogen) atoms. The van der Waals surface area contributed by atoms with Crippen LogP contribution in [0.1, 0.15) is 58.0 Å². The van der Waals surface area contributed by atoms with E-state index >= 15 is 0 Å². The number of carbonyl (C=O) groups is 3. The first-order chi connectivity index (χ1) is 40.2. The molecular formula is C55H65N11O15S3. The van der Waals surface area contributed by atoms with Crippen molar-refractivity contribution < 1.29 is 63.5 Å². The van der Waals surface area contributed by atoms with E-state index in [1.807, 2.05) is 0 Å². The Hall–Kier alpha value is -8.26. The Labute approximate surface area is 485 Å². The molecule has 7 rings (SSSR count). The highest BCUT2D eigenvalue weighted by molar-refractivity contribution is 7.89. The van der Waals surface area contributed by atoms with E-state index in [2.05, 4.69) is 57.8 Å². The summed E-state index contributed by atoms with van der Waals surface area (Å²) < 4.78 is 104. The van der Waals surface area contributed by atoms with Gasteiger partial charge < -0.3 is 44.8 Å². The molecule has 0 saturated carbocycles. The molecule has 0 bridgehead atoms. The zero-order valence-corrected chi connectivity index (χ0v) is 48.4. The van der Waals surface area contributed by atoms with Gasteiger partial charge in [0.25, 0.3) is 21.9 Å². The summed E-state index contributed by atoms with van der Waals surface area (Å²) in [6, 6.07) is 23.9. The number of rotatable bonds is 31. The number of aryl methyl sites for hydroxylation is 1. The number of sulfonamides is 2. The highest BCUT2D eigenvalue weighted by Gasteiger charge is 2.27. The van der Waals surface area contributed by atoms with E-state index in [1.165, 1.54) is 80.3 Å². The molecule has 0 aliphatic carbocycles. The Kier molecular flexibility index (Phi) is 24.3. The molecule has 0 fully saturated rings. The third-order valence-electron chi connectivity index (χ3n) is 12.2. The summed E-state index contributed by atoms with van der Waals surface area (Å²) in [5, 5.41) is 22.2. The number of nitrogens with zero attached hydrogens (tertiary/aromatic N) is 4. The predicted octanol–water partition coefficient (Wildman–Crippen LogP) is 4.35. The van der Waals surface area contributed by atoms with E-state index < -0.39 is 60.1 Å². The maximum atomic E-state index is 13.2. The van der Waals surface area contributed by atoms with E-state index in [0.29, 0.717) is 86.5 Å². The number of pyridine rings is 2. The number of aromatic amines is 1. The van der Waals surface area contributed by atoms with Crippen LogP contribution in [0.4, 0.5) is 11.8 Å². The van der Waals surface area contributed by atoms with Crippen LogP contribution in [-0.4, -0.2) is 144 Å². The summed E-state index contributed by atoms with van der Waals surface area (Å²) in [5.74, 6) is -1.74. The first kappa shape index (κ1) is 64.9. The summed E-state index contributed by atoms with van der Waals surface area (Å²) in [4.78, 5) is 61.2. The fourth-order valence-electron chi connectivity index (χ4n) is 7.69. The smallest absolute Gasteiger partial charge is 0.323 e. The van der Waals surface area contributed by atoms with E-state index in [0.717, 1.165) is 25.0 Å². The third kappa shape index (κ3) is 19.4. The molecule has 448 valence electrons. The minimum absolute atomic E-state index is 0.0640. The number of hydrazone groups is 1. The second-order valence-electron chi connectivity index (χ2n) is 18.2. The molecule has 0 aliphatic rings. The molecule has 3 aromatic heterocycles. The standard InChI is InChI=1S/C31H31N7O8S2.C24H34N4O7S/c1-32-47(43,44)22-8-4-20(5-9-22)21-6-10-23(11-7-21)48(45,46)37-26(30(41)42)17-35-29(40)25-18-38(2)27-15-19(3-12-24(27)28(25)39)16-36-31-33-13-14-34-31;1-2-3-12-33-14-16-35-17-15-34-13-6-11-25-24(29)21-9-10-23(26-18-21)28-27-19-20-7-4-5-8-22(20)36(30,31)32/h3-15,18,26,32,37H,16-17H2,1-2H3,(H,35,40)(H,41,42)(H2,33,34,36);4-5,7-10,18-19H,2-3,6,11-17H2,1H3,(H,25,29)(H,26,28)(H,30,31,32)/b;27-19+/t26-;/m0./s1. The Bertz CT molecular complexity index is 3760. The molecule has 0 unspecified atom stereocenters. The van der Waals surface area contributed by atoms with Gasteiger partial charge in [-0.15, -0.1) is 0 Å². The number of unbranched alkanes of at least 4 members (excludes halogenated alkanes) is 1. The number of amides is 2. The fraction of sp³-hybridized carbons (Fsp3) is 0.291. The summed E-state index contributed by atoms with van der Waals surface area (Å²) in [6.07, 6.45) is 10.1. The number of H-pyrrole nitrogens is 1. The molecule has 4 aromatic carbocycles. The lowest BCUT2D eigenvalue weighted by atomic mass is 10.1. The molecule has 26 nitrogen and oxygen atoms in total. The number of anilines is 2. The van der Waals surface area contributed by atoms with Crippen molar-refractivity contribution in [1.82, 2.24) is 39.6 Å². The van der Waals surface area contributed by atoms with Gasteiger partial charge >= 0.3 is 5.97 Å². The Morgan fingerprint density at radius 3 is 2.01 bits per heavy atom. The number of carboxylic acid groups (broad SMARTS) is 1. The molecule has 0 spiro atoms. The molecule has 29 heteroatoms. The van der Waals surface area contributed by atoms with Gasteiger partial charge in [-0.1, -0.05) is 61.9 Å². The summed E-state index contributed by atoms with van der Waals surface area (Å²) >= 11 is 0. The van der Waals surface area contributed by atoms with Gasteiger partial charge in [-0.25, -0.2) is 31.5 Å². The SMILES string of the molecule is CCCCOCCOCCOCCCNC(=O)c1ccc(N/N=C/c2ccccc2S(=O)(=O)O)nc1.CNS(=O)(=O)c1ccc(-c2ccc(S(=O)(=O)N[C@@H](CNC(=O)c3cn(C)c4cc(CNc5ncc[nH]5)ccc4c3=O)C(=O)O)cc2)cc1. The highest BCUT2D eigenvalue weighted by Crippen LogP contribution is 2.24. The van der Waals surface area contributed by atoms with Crippen LogP contribution in [0.25, 0.3) is 22.0 Å². The number of hydrogen-bond donors (Lipinski definition) is 9. The zero-order chi connectivity index (χ0) is 60.7. The fourth-order valence-corrected chi connectivity index (χ4v) is 10.3. The third-order valence-corrected chi connectivity index (χ3v) is 16.0. The van der Waals surface area contributed by atoms with Crippen molar-refractivity contribution in [2.45, 2.75) is 53.5 Å². The number of imidazole rings is 1. The minimum atomic E-state index is -4.36. The van der Waals surface area contributed by atoms with E-state index in [4.69, 9.17) is 14.2 Å². The van der Waals surface area contributed by atoms with Gasteiger partial charge in [-0.05, 0) is 91.2 Å². The average molecular weight is 1220 g/mol. The van der Waals surface area contributed by atoms with Crippen LogP contribution < -0.4 is 36.2 Å². The summed E-state index contributed by atoms with van der Waals surface area (Å²) in [5.41, 5.74) is 5.06. The van der Waals surface area contributed by atoms with Gasteiger partial charge in [0, 0.05) is 75.6 Å². The van der Waals surface area contributed by atoms with Gasteiger partial charge in [0.2, 0.25) is 25.5 Å². The number of carbonyl (C=O) groups excluding carboxylic acids is 2. The minimum Gasteiger partial charge on any atom is -0.480 e. The maximum absolute atomic E-state index is 13.2. The zero-order valence-electron chi connectivity index (χ0n) is 46.0. The molecule has 9 N–H and O–H groups in total. The Morgan fingerprint density at radius 2 is 1.42 bits per heavy atom. The molecule has 0 saturated heterocycles. The molecule has 3 heterocycles. The monoisotopic (exact) mass is 1220 g/mol. The van der Waals surface area contributed by atoms with Crippen molar-refractivity contribution in [2.24, 2.45) is 12.1 Å². The van der Waals surface area contributed by atoms with E-state index in [1.54, 1.807) is 72.5 Å². The lowest BCUT2D eigenvalue weighted by molar-refractivity contribution is -0.138. The molecule has 0 aliphatic heterocycles. The van der Waals surface area contributed by atoms with Crippen LogP contribution in [0.3, 0.4) is 0 Å². The molecule has 0 radical (unpaired) electrons. The number of aromatic nitrogens is 4. The van der Waals surface area contributed by atoms with Crippen molar-refractivity contribution >= 4 is 76.8 Å². The molecule has 7 aromatic rings. The van der Waals surface area contributed by atoms with Crippen molar-refractivity contribution in [1.29, 1.82) is 0 Å². The van der Waals surface area contributed by atoms with Gasteiger partial charge in [-0.2, -0.15) is 18.2 Å². The summed E-state index contributed by atoms with van der Waals surface area (Å²) in [6.45, 7) is 5.79. The quantitative estimate of drug-likeness (QED) is 0.0126. The number of benzene rings is 4. The Morgan fingerprint density at radius 1 is 0.774 bits per heavy atom. The first-order valence-corrected chi connectivity index (χ1v) is 30.5. The van der Waals surface area contributed by atoms with Crippen molar-refractivity contribution in [3.05, 3.63) is 160 Å². The first-order valence-electron chi connectivity index (χ1n) is 26.1. The van der Waals surface area contributed by atoms with Gasteiger partial charge in [0.05, 0.1) is 53.5 Å². The second kappa shape index (κ2) is 31.4. The van der Waals surface area contributed by atoms with E-state index in [9.17, 15) is 54.1 Å². The average Bonchev–Trinajstić information content (AvgIpc) is 4.11. The van der Waals surface area contributed by atoms with Crippen LogP contribution in [0.2, 0.25) is 0 Å². The lowest BCUT2D eigenvalue weighted by Gasteiger charge is -2.16. The maximum Gasteiger partial charge on any atom is 0.323 e. The van der Waals surface area contributed by atoms with Crippen LogP contribution in [0.15, 0.2) is 152 Å². The van der Waals surface area contributed by atoms with Crippen molar-refractivity contribution in [3.8, 4) is 11.1 Å². The van der Waals surface area contributed by atoms with Crippen LogP contribution in [-0.2, 0) is 62.8 Å². The van der Waals surface area contributed by atoms with Gasteiger partial charge in [-0.3, -0.25) is 29.2 Å². The number of fused-ring (bicyclic) bond motifs is 1. The topological polar surface area (TPSA) is 370 Å². The second-order valence-corrected chi connectivity index (χ2v) is 23.2. The highest BCUT2D eigenvalue weighted by atomic mass is 32.2. The van der Waals surface area contributed by atoms with Crippen molar-refractivity contribution in [3.63, 3.8) is 0 Å². The predicted molar refractivity (Wildman–Crippen MR) is 313 cm³/mol. The largest absolute Gasteiger partial charge is 0.480 e. The summed E-state index contributed by atoms with van der Waals surface area (Å²) in [7, 11) is -9.39. The normalized spacial score (nSPS) is 12.1. The van der Waals surface area contributed by atoms with Crippen LogP contribution in [0, 0.1) is 0 Å². The van der Waals surface area contributed by atoms with Crippen LogP contribution >= 0.6 is 0 Å². The Balaban J connectivity index is 0.000000282. The number of hydrogen-bond acceptors (Lipinski definition) is 18.